The van der Waals surface area contributed by atoms with Gasteiger partial charge in [-0.3, -0.25) is 5.32 Å². The third-order valence-electron chi connectivity index (χ3n) is 2.55. The van der Waals surface area contributed by atoms with Crippen LogP contribution >= 0.6 is 11.8 Å². The van der Waals surface area contributed by atoms with Gasteiger partial charge in [-0.2, -0.15) is 13.2 Å². The summed E-state index contributed by atoms with van der Waals surface area (Å²) < 4.78 is 47.7. The summed E-state index contributed by atoms with van der Waals surface area (Å²) in [7, 11) is 0. The second kappa shape index (κ2) is 11.7. The SMILES string of the molecule is CSC(NCCOCCOCCCC(C)C)C(F)(F)F. The lowest BCUT2D eigenvalue weighted by atomic mass is 10.1. The van der Waals surface area contributed by atoms with Crippen LogP contribution in [0, 0.1) is 5.92 Å². The van der Waals surface area contributed by atoms with E-state index in [-0.39, 0.29) is 13.2 Å². The van der Waals surface area contributed by atoms with Crippen molar-refractivity contribution in [2.75, 3.05) is 39.2 Å². The van der Waals surface area contributed by atoms with Crippen molar-refractivity contribution >= 4 is 11.8 Å². The van der Waals surface area contributed by atoms with Crippen molar-refractivity contribution < 1.29 is 22.6 Å². The molecule has 3 nitrogen and oxygen atoms in total. The van der Waals surface area contributed by atoms with Crippen LogP contribution in [0.3, 0.4) is 0 Å². The molecule has 20 heavy (non-hydrogen) atoms. The fourth-order valence-electron chi connectivity index (χ4n) is 1.51. The van der Waals surface area contributed by atoms with Crippen LogP contribution in [-0.4, -0.2) is 50.8 Å². The average molecular weight is 317 g/mol. The molecule has 122 valence electrons. The molecule has 1 unspecified atom stereocenters. The molecule has 0 bridgehead atoms. The molecule has 0 amide bonds. The summed E-state index contributed by atoms with van der Waals surface area (Å²) in [5.74, 6) is 0.680. The Hall–Kier alpha value is 0.0200. The van der Waals surface area contributed by atoms with E-state index < -0.39 is 11.6 Å². The van der Waals surface area contributed by atoms with Crippen LogP contribution in [0.15, 0.2) is 0 Å². The van der Waals surface area contributed by atoms with E-state index in [2.05, 4.69) is 19.2 Å². The monoisotopic (exact) mass is 317 g/mol. The van der Waals surface area contributed by atoms with Crippen molar-refractivity contribution in [1.29, 1.82) is 0 Å². The first kappa shape index (κ1) is 20.0. The third-order valence-corrected chi connectivity index (χ3v) is 3.46. The summed E-state index contributed by atoms with van der Waals surface area (Å²) in [5.41, 5.74) is 0. The van der Waals surface area contributed by atoms with Crippen molar-refractivity contribution in [2.24, 2.45) is 5.92 Å². The summed E-state index contributed by atoms with van der Waals surface area (Å²) >= 11 is 0.740. The van der Waals surface area contributed by atoms with Crippen molar-refractivity contribution in [2.45, 2.75) is 38.2 Å². The second-order valence-electron chi connectivity index (χ2n) is 4.87. The lowest BCUT2D eigenvalue weighted by Gasteiger charge is -2.19. The number of hydrogen-bond acceptors (Lipinski definition) is 4. The molecule has 0 spiro atoms. The standard InChI is InChI=1S/C13H26F3NO2S/c1-11(2)5-4-7-18-9-10-19-8-6-17-12(20-3)13(14,15)16/h11-12,17H,4-10H2,1-3H3. The van der Waals surface area contributed by atoms with Gasteiger partial charge in [0.15, 0.2) is 5.37 Å². The molecule has 0 fully saturated rings. The predicted molar refractivity (Wildman–Crippen MR) is 77.1 cm³/mol. The number of thioether (sulfide) groups is 1. The summed E-state index contributed by atoms with van der Waals surface area (Å²) in [6, 6.07) is 0. The Bertz CT molecular complexity index is 228. The molecule has 1 N–H and O–H groups in total. The van der Waals surface area contributed by atoms with E-state index in [0.717, 1.165) is 24.6 Å². The molecule has 0 heterocycles. The Kier molecular flexibility index (Phi) is 11.7. The molecule has 0 aliphatic heterocycles. The van der Waals surface area contributed by atoms with Crippen LogP contribution in [0.4, 0.5) is 13.2 Å². The van der Waals surface area contributed by atoms with Crippen molar-refractivity contribution in [3.8, 4) is 0 Å². The van der Waals surface area contributed by atoms with Gasteiger partial charge in [0, 0.05) is 13.2 Å². The Balaban J connectivity index is 3.32. The molecule has 0 saturated carbocycles. The van der Waals surface area contributed by atoms with Crippen molar-refractivity contribution in [3.63, 3.8) is 0 Å². The maximum Gasteiger partial charge on any atom is 0.413 e. The summed E-state index contributed by atoms with van der Waals surface area (Å²) in [4.78, 5) is 0. The van der Waals surface area contributed by atoms with Gasteiger partial charge < -0.3 is 9.47 Å². The van der Waals surface area contributed by atoms with Gasteiger partial charge in [0.2, 0.25) is 0 Å². The maximum atomic E-state index is 12.4. The highest BCUT2D eigenvalue weighted by Crippen LogP contribution is 2.26. The van der Waals surface area contributed by atoms with Gasteiger partial charge in [0.25, 0.3) is 0 Å². The van der Waals surface area contributed by atoms with E-state index in [9.17, 15) is 13.2 Å². The topological polar surface area (TPSA) is 30.5 Å². The van der Waals surface area contributed by atoms with E-state index in [1.165, 1.54) is 6.26 Å². The van der Waals surface area contributed by atoms with Crippen LogP contribution < -0.4 is 5.32 Å². The molecule has 0 rings (SSSR count). The van der Waals surface area contributed by atoms with Gasteiger partial charge in [-0.25, -0.2) is 0 Å². The molecule has 0 aromatic heterocycles. The van der Waals surface area contributed by atoms with Gasteiger partial charge >= 0.3 is 6.18 Å². The highest BCUT2D eigenvalue weighted by Gasteiger charge is 2.38. The molecule has 7 heteroatoms. The van der Waals surface area contributed by atoms with E-state index in [1.54, 1.807) is 0 Å². The number of ether oxygens (including phenoxy) is 2. The lowest BCUT2D eigenvalue weighted by Crippen LogP contribution is -2.40. The zero-order chi connectivity index (χ0) is 15.4. The summed E-state index contributed by atoms with van der Waals surface area (Å²) in [6.45, 7) is 6.38. The van der Waals surface area contributed by atoms with Gasteiger partial charge in [0.1, 0.15) is 0 Å². The molecule has 0 aromatic rings. The first-order valence-corrected chi connectivity index (χ1v) is 8.15. The van der Waals surface area contributed by atoms with Crippen LogP contribution in [0.25, 0.3) is 0 Å². The minimum atomic E-state index is -4.22. The average Bonchev–Trinajstić information content (AvgIpc) is 2.34. The van der Waals surface area contributed by atoms with Gasteiger partial charge in [-0.05, 0) is 25.0 Å². The minimum absolute atomic E-state index is 0.179. The number of halogens is 3. The van der Waals surface area contributed by atoms with Gasteiger partial charge in [-0.15, -0.1) is 11.8 Å². The van der Waals surface area contributed by atoms with Crippen LogP contribution in [-0.2, 0) is 9.47 Å². The number of hydrogen-bond donors (Lipinski definition) is 1. The molecule has 0 radical (unpaired) electrons. The quantitative estimate of drug-likeness (QED) is 0.442. The third kappa shape index (κ3) is 11.8. The highest BCUT2D eigenvalue weighted by molar-refractivity contribution is 7.99. The molecule has 1 atom stereocenters. The number of rotatable bonds is 12. The zero-order valence-electron chi connectivity index (χ0n) is 12.5. The van der Waals surface area contributed by atoms with E-state index in [1.807, 2.05) is 0 Å². The highest BCUT2D eigenvalue weighted by atomic mass is 32.2. The number of nitrogens with one attached hydrogen (secondary N) is 1. The van der Waals surface area contributed by atoms with Crippen LogP contribution in [0.5, 0.6) is 0 Å². The summed E-state index contributed by atoms with van der Waals surface area (Å²) in [5, 5.41) is 0.876. The molecule has 0 aliphatic rings. The molecule has 0 aliphatic carbocycles. The smallest absolute Gasteiger partial charge is 0.379 e. The Morgan fingerprint density at radius 1 is 1.05 bits per heavy atom. The summed E-state index contributed by atoms with van der Waals surface area (Å²) in [6.07, 6.45) is -0.631. The second-order valence-corrected chi connectivity index (χ2v) is 5.82. The molecule has 0 saturated heterocycles. The molecule has 0 aromatic carbocycles. The van der Waals surface area contributed by atoms with Crippen molar-refractivity contribution in [3.05, 3.63) is 0 Å². The van der Waals surface area contributed by atoms with Crippen LogP contribution in [0.2, 0.25) is 0 Å². The van der Waals surface area contributed by atoms with E-state index in [4.69, 9.17) is 9.47 Å². The Morgan fingerprint density at radius 2 is 1.65 bits per heavy atom. The normalized spacial score (nSPS) is 13.9. The largest absolute Gasteiger partial charge is 0.413 e. The van der Waals surface area contributed by atoms with E-state index >= 15 is 0 Å². The lowest BCUT2D eigenvalue weighted by molar-refractivity contribution is -0.134. The Labute approximate surface area is 124 Å². The molecular weight excluding hydrogens is 291 g/mol. The number of alkyl halides is 3. The fraction of sp³-hybridized carbons (Fsp3) is 1.00. The van der Waals surface area contributed by atoms with Crippen molar-refractivity contribution in [1.82, 2.24) is 5.32 Å². The van der Waals surface area contributed by atoms with Gasteiger partial charge in [-0.1, -0.05) is 13.8 Å². The zero-order valence-corrected chi connectivity index (χ0v) is 13.3. The minimum Gasteiger partial charge on any atom is -0.379 e. The Morgan fingerprint density at radius 3 is 2.15 bits per heavy atom. The molecular formula is C13H26F3NO2S. The first-order valence-electron chi connectivity index (χ1n) is 6.86. The van der Waals surface area contributed by atoms with E-state index in [0.29, 0.717) is 25.7 Å². The first-order chi connectivity index (χ1) is 9.38. The fourth-order valence-corrected chi connectivity index (χ4v) is 2.06. The maximum absolute atomic E-state index is 12.4. The van der Waals surface area contributed by atoms with Gasteiger partial charge in [0.05, 0.1) is 19.8 Å². The predicted octanol–water partition coefficient (Wildman–Crippen LogP) is 3.30. The van der Waals surface area contributed by atoms with Crippen LogP contribution in [0.1, 0.15) is 26.7 Å².